The molecule has 1 saturated heterocycles. The van der Waals surface area contributed by atoms with Gasteiger partial charge in [0.25, 0.3) is 0 Å². The maximum absolute atomic E-state index is 12.9. The maximum atomic E-state index is 12.9. The van der Waals surface area contributed by atoms with Crippen molar-refractivity contribution >= 4 is 53.1 Å². The highest BCUT2D eigenvalue weighted by Gasteiger charge is 2.39. The molecular weight excluding hydrogens is 650 g/mol. The van der Waals surface area contributed by atoms with Crippen LogP contribution < -0.4 is 37.9 Å². The van der Waals surface area contributed by atoms with Gasteiger partial charge in [0.15, 0.2) is 0 Å². The summed E-state index contributed by atoms with van der Waals surface area (Å²) in [5.74, 6) is -2.48. The Kier molecular flexibility index (Phi) is 13.1. The number of hydrogen-bond donors (Lipinski definition) is 6. The third-order valence-corrected chi connectivity index (χ3v) is 8.90. The number of thioether (sulfide) groups is 1. The number of rotatable bonds is 17. The Balaban J connectivity index is 1.17. The van der Waals surface area contributed by atoms with E-state index in [4.69, 9.17) is 21.9 Å². The Labute approximate surface area is 287 Å². The minimum absolute atomic E-state index is 0.0110. The first-order valence-corrected chi connectivity index (χ1v) is 16.6. The fourth-order valence-corrected chi connectivity index (χ4v) is 6.10. The molecule has 0 aliphatic carbocycles. The van der Waals surface area contributed by atoms with Gasteiger partial charge in [-0.15, -0.1) is 11.8 Å². The molecule has 15 heteroatoms. The highest BCUT2D eigenvalue weighted by Crippen LogP contribution is 2.27. The van der Waals surface area contributed by atoms with Gasteiger partial charge >= 0.3 is 6.09 Å². The number of imide groups is 1. The van der Waals surface area contributed by atoms with E-state index in [1.165, 1.54) is 4.90 Å². The van der Waals surface area contributed by atoms with Crippen LogP contribution in [0.15, 0.2) is 84.9 Å². The average molecular weight is 690 g/mol. The number of hydrogen-bond acceptors (Lipinski definition) is 10. The molecule has 3 aromatic carbocycles. The second-order valence-corrected chi connectivity index (χ2v) is 12.6. The van der Waals surface area contributed by atoms with Gasteiger partial charge in [0, 0.05) is 30.8 Å². The summed E-state index contributed by atoms with van der Waals surface area (Å²) < 4.78 is 5.28. The number of likely N-dealkylation sites (tertiary alicyclic amines) is 1. The van der Waals surface area contributed by atoms with Crippen molar-refractivity contribution in [2.45, 2.75) is 49.2 Å². The van der Waals surface area contributed by atoms with E-state index in [-0.39, 0.29) is 49.2 Å². The van der Waals surface area contributed by atoms with E-state index in [0.717, 1.165) is 28.6 Å². The van der Waals surface area contributed by atoms with Crippen molar-refractivity contribution in [3.63, 3.8) is 0 Å². The number of carbonyl (C=O) groups is 6. The number of amides is 6. The van der Waals surface area contributed by atoms with E-state index < -0.39 is 47.2 Å². The van der Waals surface area contributed by atoms with Crippen LogP contribution in [0.3, 0.4) is 0 Å². The number of para-hydroxylation sites is 1. The number of primary amides is 2. The van der Waals surface area contributed by atoms with Crippen molar-refractivity contribution in [3.05, 3.63) is 96.1 Å². The molecule has 4 rings (SSSR count). The van der Waals surface area contributed by atoms with E-state index in [1.807, 2.05) is 60.7 Å². The third kappa shape index (κ3) is 11.1. The van der Waals surface area contributed by atoms with Crippen molar-refractivity contribution in [3.8, 4) is 5.75 Å². The smallest absolute Gasteiger partial charge is 0.410 e. The van der Waals surface area contributed by atoms with Gasteiger partial charge < -0.3 is 37.9 Å². The van der Waals surface area contributed by atoms with Crippen LogP contribution in [0.25, 0.3) is 0 Å². The number of ether oxygens (including phenoxy) is 1. The minimum atomic E-state index is -1.14. The molecule has 14 nitrogen and oxygen atoms in total. The fourth-order valence-electron chi connectivity index (χ4n) is 4.89. The Hall–Kier alpha value is -5.41. The first kappa shape index (κ1) is 36.4. The molecule has 0 radical (unpaired) electrons. The van der Waals surface area contributed by atoms with Gasteiger partial charge in [0.2, 0.25) is 29.5 Å². The molecule has 4 atom stereocenters. The van der Waals surface area contributed by atoms with Crippen LogP contribution in [0.5, 0.6) is 5.75 Å². The van der Waals surface area contributed by atoms with E-state index in [2.05, 4.69) is 16.0 Å². The predicted molar refractivity (Wildman–Crippen MR) is 184 cm³/mol. The van der Waals surface area contributed by atoms with Crippen LogP contribution in [0.1, 0.15) is 24.0 Å². The highest BCUT2D eigenvalue weighted by atomic mass is 32.2. The largest absolute Gasteiger partial charge is 0.412 e. The molecule has 1 fully saturated rings. The number of nitrogens with two attached hydrogens (primary N) is 3. The van der Waals surface area contributed by atoms with Crippen LogP contribution in [-0.4, -0.2) is 76.2 Å². The Morgan fingerprint density at radius 3 is 2.12 bits per heavy atom. The zero-order valence-electron chi connectivity index (χ0n) is 26.6. The summed E-state index contributed by atoms with van der Waals surface area (Å²) in [6.07, 6.45) is -0.462. The van der Waals surface area contributed by atoms with Crippen LogP contribution in [-0.2, 0) is 36.9 Å². The lowest BCUT2D eigenvalue weighted by atomic mass is 10.0. The highest BCUT2D eigenvalue weighted by molar-refractivity contribution is 8.00. The van der Waals surface area contributed by atoms with Crippen LogP contribution >= 0.6 is 11.8 Å². The van der Waals surface area contributed by atoms with E-state index in [1.54, 1.807) is 24.3 Å². The maximum Gasteiger partial charge on any atom is 0.412 e. The van der Waals surface area contributed by atoms with Gasteiger partial charge in [0.05, 0.1) is 17.8 Å². The second kappa shape index (κ2) is 17.7. The molecule has 0 spiro atoms. The van der Waals surface area contributed by atoms with Crippen LogP contribution in [0, 0.1) is 0 Å². The zero-order chi connectivity index (χ0) is 35.3. The quantitative estimate of drug-likeness (QED) is 0.110. The number of anilines is 1. The number of carbonyl (C=O) groups excluding carboxylic acids is 6. The number of benzene rings is 3. The van der Waals surface area contributed by atoms with Gasteiger partial charge in [-0.25, -0.2) is 4.79 Å². The molecule has 1 aliphatic rings. The van der Waals surface area contributed by atoms with Gasteiger partial charge in [0.1, 0.15) is 17.8 Å². The SMILES string of the molecule is NC(=O)[C@H](CSC1CC(=O)N(Cc2ccccc2)C1=O)NC(=O)[C@@H](N)CCNC(=O)Oc1ccc(C[C@H](Nc2ccccc2)C(N)=O)cc1. The van der Waals surface area contributed by atoms with Gasteiger partial charge in [-0.1, -0.05) is 60.7 Å². The summed E-state index contributed by atoms with van der Waals surface area (Å²) in [7, 11) is 0. The average Bonchev–Trinajstić information content (AvgIpc) is 3.35. The van der Waals surface area contributed by atoms with Gasteiger partial charge in [-0.3, -0.25) is 28.9 Å². The molecular formula is C34H39N7O7S. The van der Waals surface area contributed by atoms with E-state index in [0.29, 0.717) is 6.42 Å². The molecule has 0 bridgehead atoms. The van der Waals surface area contributed by atoms with E-state index in [9.17, 15) is 28.8 Å². The minimum Gasteiger partial charge on any atom is -0.410 e. The zero-order valence-corrected chi connectivity index (χ0v) is 27.4. The lowest BCUT2D eigenvalue weighted by Crippen LogP contribution is -2.52. The second-order valence-electron chi connectivity index (χ2n) is 11.3. The monoisotopic (exact) mass is 689 g/mol. The summed E-state index contributed by atoms with van der Waals surface area (Å²) in [5.41, 5.74) is 19.4. The molecule has 1 unspecified atom stereocenters. The molecule has 1 aliphatic heterocycles. The molecule has 3 aromatic rings. The van der Waals surface area contributed by atoms with Crippen molar-refractivity contribution in [1.82, 2.24) is 15.5 Å². The predicted octanol–water partition coefficient (Wildman–Crippen LogP) is 1.03. The Bertz CT molecular complexity index is 1630. The number of nitrogens with zero attached hydrogens (tertiary/aromatic N) is 1. The first-order chi connectivity index (χ1) is 23.5. The van der Waals surface area contributed by atoms with Crippen molar-refractivity contribution in [2.75, 3.05) is 17.6 Å². The van der Waals surface area contributed by atoms with Crippen molar-refractivity contribution < 1.29 is 33.5 Å². The molecule has 49 heavy (non-hydrogen) atoms. The summed E-state index contributed by atoms with van der Waals surface area (Å²) in [6, 6.07) is 22.0. The molecule has 1 heterocycles. The topological polar surface area (TPSA) is 229 Å². The summed E-state index contributed by atoms with van der Waals surface area (Å²) in [6.45, 7) is 0.142. The lowest BCUT2D eigenvalue weighted by Gasteiger charge is -2.20. The van der Waals surface area contributed by atoms with Crippen LogP contribution in [0.2, 0.25) is 0 Å². The number of nitrogens with one attached hydrogen (secondary N) is 3. The summed E-state index contributed by atoms with van der Waals surface area (Å²) >= 11 is 1.06. The van der Waals surface area contributed by atoms with Crippen molar-refractivity contribution in [2.24, 2.45) is 17.2 Å². The normalized spacial score (nSPS) is 15.9. The lowest BCUT2D eigenvalue weighted by molar-refractivity contribution is -0.139. The van der Waals surface area contributed by atoms with Crippen molar-refractivity contribution in [1.29, 1.82) is 0 Å². The molecule has 0 saturated carbocycles. The Morgan fingerprint density at radius 1 is 0.857 bits per heavy atom. The molecule has 9 N–H and O–H groups in total. The molecule has 6 amide bonds. The Morgan fingerprint density at radius 2 is 1.49 bits per heavy atom. The van der Waals surface area contributed by atoms with E-state index >= 15 is 0 Å². The summed E-state index contributed by atoms with van der Waals surface area (Å²) in [4.78, 5) is 75.5. The van der Waals surface area contributed by atoms with Gasteiger partial charge in [-0.05, 0) is 41.8 Å². The molecule has 258 valence electrons. The molecule has 0 aromatic heterocycles. The first-order valence-electron chi connectivity index (χ1n) is 15.5. The third-order valence-electron chi connectivity index (χ3n) is 7.60. The van der Waals surface area contributed by atoms with Gasteiger partial charge in [-0.2, -0.15) is 0 Å². The summed E-state index contributed by atoms with van der Waals surface area (Å²) in [5, 5.41) is 7.39. The van der Waals surface area contributed by atoms with Crippen LogP contribution in [0.4, 0.5) is 10.5 Å². The fraction of sp³-hybridized carbons (Fsp3) is 0.294. The standard InChI is InChI=1S/C34H39N7O7S/c35-25(32(45)40-27(31(37)44)20-49-28-18-29(42)41(33(28)46)19-22-7-3-1-4-8-22)15-16-38-34(47)48-24-13-11-21(12-14-24)17-26(30(36)43)39-23-9-5-2-6-10-23/h1-14,25-28,39H,15-20,35H2,(H2,36,43)(H2,37,44)(H,38,47)(H,40,45)/t25-,26-,27-,28?/m0/s1.